The number of nitrogens with zero attached hydrogens (tertiary/aromatic N) is 2. The van der Waals surface area contributed by atoms with Crippen LogP contribution in [-0.4, -0.2) is 15.8 Å². The molecule has 1 aromatic carbocycles. The molecule has 2 rings (SSSR count). The van der Waals surface area contributed by atoms with E-state index in [0.29, 0.717) is 0 Å². The van der Waals surface area contributed by atoms with Gasteiger partial charge in [0.1, 0.15) is 0 Å². The highest BCUT2D eigenvalue weighted by Gasteiger charge is 2.18. The van der Waals surface area contributed by atoms with E-state index in [4.69, 9.17) is 5.73 Å². The zero-order chi connectivity index (χ0) is 11.5. The van der Waals surface area contributed by atoms with Crippen molar-refractivity contribution < 1.29 is 0 Å². The molecule has 2 atom stereocenters. The number of hydrogen-bond acceptors (Lipinski definition) is 2. The second kappa shape index (κ2) is 4.80. The SMILES string of the molecule is CC(N)C(c1ccccc1)n1cc(Br)cn1. The summed E-state index contributed by atoms with van der Waals surface area (Å²) in [7, 11) is 0. The van der Waals surface area contributed by atoms with Gasteiger partial charge in [0.15, 0.2) is 0 Å². The van der Waals surface area contributed by atoms with E-state index in [1.165, 1.54) is 5.56 Å². The van der Waals surface area contributed by atoms with Gasteiger partial charge in [-0.15, -0.1) is 0 Å². The van der Waals surface area contributed by atoms with Crippen molar-refractivity contribution >= 4 is 15.9 Å². The molecule has 3 nitrogen and oxygen atoms in total. The molecule has 0 aliphatic rings. The number of halogens is 1. The highest BCUT2D eigenvalue weighted by atomic mass is 79.9. The van der Waals surface area contributed by atoms with Gasteiger partial charge < -0.3 is 5.73 Å². The summed E-state index contributed by atoms with van der Waals surface area (Å²) < 4.78 is 2.86. The van der Waals surface area contributed by atoms with Crippen molar-refractivity contribution in [3.05, 3.63) is 52.8 Å². The molecule has 84 valence electrons. The largest absolute Gasteiger partial charge is 0.326 e. The van der Waals surface area contributed by atoms with E-state index >= 15 is 0 Å². The van der Waals surface area contributed by atoms with Crippen molar-refractivity contribution in [2.75, 3.05) is 0 Å². The van der Waals surface area contributed by atoms with Gasteiger partial charge in [-0.25, -0.2) is 0 Å². The molecule has 0 aliphatic heterocycles. The van der Waals surface area contributed by atoms with Crippen LogP contribution in [0.1, 0.15) is 18.5 Å². The Balaban J connectivity index is 2.39. The average molecular weight is 280 g/mol. The fourth-order valence-electron chi connectivity index (χ4n) is 1.81. The lowest BCUT2D eigenvalue weighted by Crippen LogP contribution is -2.30. The maximum absolute atomic E-state index is 6.03. The lowest BCUT2D eigenvalue weighted by molar-refractivity contribution is 0.454. The topological polar surface area (TPSA) is 43.8 Å². The molecule has 1 heterocycles. The Kier molecular flexibility index (Phi) is 3.41. The number of rotatable bonds is 3. The molecule has 0 saturated carbocycles. The van der Waals surface area contributed by atoms with Crippen molar-refractivity contribution in [2.45, 2.75) is 19.0 Å². The van der Waals surface area contributed by atoms with Crippen LogP contribution >= 0.6 is 15.9 Å². The van der Waals surface area contributed by atoms with Crippen LogP contribution in [0.2, 0.25) is 0 Å². The normalized spacial score (nSPS) is 14.7. The van der Waals surface area contributed by atoms with Crippen LogP contribution in [0.3, 0.4) is 0 Å². The molecule has 1 aromatic heterocycles. The van der Waals surface area contributed by atoms with Crippen LogP contribution in [0.15, 0.2) is 47.2 Å². The van der Waals surface area contributed by atoms with Crippen LogP contribution in [-0.2, 0) is 0 Å². The molecular weight excluding hydrogens is 266 g/mol. The monoisotopic (exact) mass is 279 g/mol. The van der Waals surface area contributed by atoms with Crippen molar-refractivity contribution in [1.29, 1.82) is 0 Å². The van der Waals surface area contributed by atoms with Crippen molar-refractivity contribution in [1.82, 2.24) is 9.78 Å². The number of hydrogen-bond donors (Lipinski definition) is 1. The molecule has 0 fully saturated rings. The predicted octanol–water partition coefficient (Wildman–Crippen LogP) is 2.58. The predicted molar refractivity (Wildman–Crippen MR) is 68.2 cm³/mol. The van der Waals surface area contributed by atoms with Gasteiger partial charge >= 0.3 is 0 Å². The molecule has 0 aliphatic carbocycles. The summed E-state index contributed by atoms with van der Waals surface area (Å²) in [6, 6.07) is 10.3. The van der Waals surface area contributed by atoms with Crippen LogP contribution in [0.5, 0.6) is 0 Å². The van der Waals surface area contributed by atoms with Gasteiger partial charge in [0.05, 0.1) is 16.7 Å². The van der Waals surface area contributed by atoms with Gasteiger partial charge in [-0.1, -0.05) is 30.3 Å². The van der Waals surface area contributed by atoms with E-state index in [0.717, 1.165) is 4.47 Å². The third-order valence-electron chi connectivity index (χ3n) is 2.49. The molecule has 0 saturated heterocycles. The maximum atomic E-state index is 6.03. The number of nitrogens with two attached hydrogens (primary N) is 1. The van der Waals surface area contributed by atoms with Gasteiger partial charge in [0, 0.05) is 12.2 Å². The first-order valence-electron chi connectivity index (χ1n) is 5.18. The Morgan fingerprint density at radius 3 is 2.50 bits per heavy atom. The summed E-state index contributed by atoms with van der Waals surface area (Å²) in [4.78, 5) is 0. The lowest BCUT2D eigenvalue weighted by Gasteiger charge is -2.21. The summed E-state index contributed by atoms with van der Waals surface area (Å²) in [5.74, 6) is 0. The second-order valence-electron chi connectivity index (χ2n) is 3.85. The van der Waals surface area contributed by atoms with E-state index < -0.39 is 0 Å². The first-order valence-corrected chi connectivity index (χ1v) is 5.98. The second-order valence-corrected chi connectivity index (χ2v) is 4.77. The summed E-state index contributed by atoms with van der Waals surface area (Å²) in [6.45, 7) is 1.99. The summed E-state index contributed by atoms with van der Waals surface area (Å²) in [5, 5.41) is 4.30. The third kappa shape index (κ3) is 2.33. The van der Waals surface area contributed by atoms with Crippen molar-refractivity contribution in [2.24, 2.45) is 5.73 Å². The van der Waals surface area contributed by atoms with Crippen molar-refractivity contribution in [3.63, 3.8) is 0 Å². The van der Waals surface area contributed by atoms with E-state index in [-0.39, 0.29) is 12.1 Å². The minimum atomic E-state index is 0.00852. The van der Waals surface area contributed by atoms with Crippen molar-refractivity contribution in [3.8, 4) is 0 Å². The third-order valence-corrected chi connectivity index (χ3v) is 2.90. The Morgan fingerprint density at radius 2 is 2.00 bits per heavy atom. The van der Waals surface area contributed by atoms with Crippen LogP contribution in [0.4, 0.5) is 0 Å². The maximum Gasteiger partial charge on any atom is 0.0916 e. The quantitative estimate of drug-likeness (QED) is 0.939. The molecule has 2 aromatic rings. The van der Waals surface area contributed by atoms with E-state index in [1.807, 2.05) is 36.0 Å². The molecule has 0 radical (unpaired) electrons. The minimum Gasteiger partial charge on any atom is -0.326 e. The number of aromatic nitrogens is 2. The molecule has 4 heteroatoms. The molecule has 16 heavy (non-hydrogen) atoms. The fraction of sp³-hybridized carbons (Fsp3) is 0.250. The van der Waals surface area contributed by atoms with Crippen LogP contribution in [0.25, 0.3) is 0 Å². The molecular formula is C12H14BrN3. The molecule has 0 bridgehead atoms. The first kappa shape index (κ1) is 11.4. The van der Waals surface area contributed by atoms with Gasteiger partial charge in [-0.2, -0.15) is 5.10 Å². The first-order chi connectivity index (χ1) is 7.68. The van der Waals surface area contributed by atoms with Gasteiger partial charge in [-0.3, -0.25) is 4.68 Å². The molecule has 2 unspecified atom stereocenters. The molecule has 0 spiro atoms. The summed E-state index contributed by atoms with van der Waals surface area (Å²) in [5.41, 5.74) is 7.21. The Morgan fingerprint density at radius 1 is 1.31 bits per heavy atom. The zero-order valence-electron chi connectivity index (χ0n) is 9.05. The van der Waals surface area contributed by atoms with Gasteiger partial charge in [0.25, 0.3) is 0 Å². The Labute approximate surface area is 103 Å². The van der Waals surface area contributed by atoms with E-state index in [2.05, 4.69) is 33.2 Å². The Hall–Kier alpha value is -1.13. The fourth-order valence-corrected chi connectivity index (χ4v) is 2.12. The molecule has 0 amide bonds. The number of benzene rings is 1. The van der Waals surface area contributed by atoms with Gasteiger partial charge in [-0.05, 0) is 28.4 Å². The zero-order valence-corrected chi connectivity index (χ0v) is 10.6. The van der Waals surface area contributed by atoms with Crippen LogP contribution in [0, 0.1) is 0 Å². The highest BCUT2D eigenvalue weighted by Crippen LogP contribution is 2.21. The Bertz CT molecular complexity index is 450. The summed E-state index contributed by atoms with van der Waals surface area (Å²) in [6.07, 6.45) is 3.72. The van der Waals surface area contributed by atoms with E-state index in [9.17, 15) is 0 Å². The lowest BCUT2D eigenvalue weighted by atomic mass is 10.0. The van der Waals surface area contributed by atoms with E-state index in [1.54, 1.807) is 6.20 Å². The smallest absolute Gasteiger partial charge is 0.0916 e. The minimum absolute atomic E-state index is 0.00852. The highest BCUT2D eigenvalue weighted by molar-refractivity contribution is 9.10. The van der Waals surface area contributed by atoms with Crippen LogP contribution < -0.4 is 5.73 Å². The van der Waals surface area contributed by atoms with Gasteiger partial charge in [0.2, 0.25) is 0 Å². The summed E-state index contributed by atoms with van der Waals surface area (Å²) >= 11 is 3.40. The average Bonchev–Trinajstić information content (AvgIpc) is 2.66. The molecule has 2 N–H and O–H groups in total. The standard InChI is InChI=1S/C12H14BrN3/c1-9(14)12(10-5-3-2-4-6-10)16-8-11(13)7-15-16/h2-9,12H,14H2,1H3.